The number of nitrogens with one attached hydrogen (secondary N) is 3. The smallest absolute Gasteiger partial charge is 0.408 e. The van der Waals surface area contributed by atoms with E-state index in [4.69, 9.17) is 18.9 Å². The van der Waals surface area contributed by atoms with Crippen molar-refractivity contribution < 1.29 is 51.3 Å². The Morgan fingerprint density at radius 3 is 2.00 bits per heavy atom. The van der Waals surface area contributed by atoms with Crippen molar-refractivity contribution in [2.24, 2.45) is 11.8 Å². The van der Waals surface area contributed by atoms with E-state index >= 15 is 0 Å². The van der Waals surface area contributed by atoms with E-state index in [-0.39, 0.29) is 13.0 Å². The summed E-state index contributed by atoms with van der Waals surface area (Å²) in [5, 5.41) is 6.36. The van der Waals surface area contributed by atoms with E-state index in [0.29, 0.717) is 12.8 Å². The van der Waals surface area contributed by atoms with Crippen LogP contribution in [-0.4, -0.2) is 93.0 Å². The highest BCUT2D eigenvalue weighted by molar-refractivity contribution is 7.92. The highest BCUT2D eigenvalue weighted by Crippen LogP contribution is 2.58. The van der Waals surface area contributed by atoms with Crippen molar-refractivity contribution >= 4 is 39.9 Å². The summed E-state index contributed by atoms with van der Waals surface area (Å²) in [5.74, 6) is -5.69. The first-order chi connectivity index (χ1) is 18.3. The Kier molecular flexibility index (Phi) is 10.1. The number of fused-ring (bicyclic) bond motifs is 1. The fourth-order valence-corrected chi connectivity index (χ4v) is 7.49. The number of amides is 3. The van der Waals surface area contributed by atoms with Gasteiger partial charge in [-0.1, -0.05) is 0 Å². The van der Waals surface area contributed by atoms with Crippen molar-refractivity contribution in [2.75, 3.05) is 26.5 Å². The predicted octanol–water partition coefficient (Wildman–Crippen LogP) is 0.819. The van der Waals surface area contributed by atoms with Gasteiger partial charge in [0.25, 0.3) is 0 Å². The summed E-state index contributed by atoms with van der Waals surface area (Å²) in [5.41, 5.74) is -3.58. The molecule has 40 heavy (non-hydrogen) atoms. The number of carbonyl (C=O) groups is 5. The number of methoxy groups -OCH3 is 2. The number of carbonyl (C=O) groups excluding carboxylic acids is 5. The third-order valence-corrected chi connectivity index (χ3v) is 8.60. The predicted molar refractivity (Wildman–Crippen MR) is 141 cm³/mol. The highest BCUT2D eigenvalue weighted by Gasteiger charge is 2.79. The number of esters is 2. The van der Waals surface area contributed by atoms with Crippen molar-refractivity contribution in [3.05, 3.63) is 0 Å². The van der Waals surface area contributed by atoms with E-state index in [9.17, 15) is 32.4 Å². The fourth-order valence-electron chi connectivity index (χ4n) is 4.79. The monoisotopic (exact) mass is 591 g/mol. The van der Waals surface area contributed by atoms with E-state index in [0.717, 1.165) is 14.2 Å². The second-order valence-electron chi connectivity index (χ2n) is 11.9. The standard InChI is InChI=1S/C25H41N3O11S/c1-23(2,3)38-21(32)26-12-10-9-11-14(27-22(33)39-24(4,5)6)18(29)28-25(20(31)37-8)13-40(34,35)17-15(16(17)25)19(30)36-7/h14-17H,9-13H2,1-8H3,(H,26,32)(H,27,33)(H,28,29)/t14-,15+,16+,17-,25-/m0/s1. The van der Waals surface area contributed by atoms with Crippen LogP contribution in [0.2, 0.25) is 0 Å². The minimum atomic E-state index is -3.96. The van der Waals surface area contributed by atoms with Gasteiger partial charge in [0.05, 0.1) is 31.1 Å². The molecule has 0 spiro atoms. The molecule has 0 aromatic carbocycles. The summed E-state index contributed by atoms with van der Waals surface area (Å²) >= 11 is 0. The van der Waals surface area contributed by atoms with Crippen LogP contribution in [0, 0.1) is 11.8 Å². The van der Waals surface area contributed by atoms with Gasteiger partial charge in [0, 0.05) is 12.5 Å². The average molecular weight is 592 g/mol. The zero-order valence-corrected chi connectivity index (χ0v) is 25.1. The third-order valence-electron chi connectivity index (χ3n) is 6.33. The van der Waals surface area contributed by atoms with Crippen molar-refractivity contribution in [1.82, 2.24) is 16.0 Å². The first-order valence-electron chi connectivity index (χ1n) is 12.9. The van der Waals surface area contributed by atoms with Gasteiger partial charge in [0.15, 0.2) is 15.4 Å². The largest absolute Gasteiger partial charge is 0.469 e. The van der Waals surface area contributed by atoms with E-state index < -0.39 is 85.5 Å². The van der Waals surface area contributed by atoms with Crippen molar-refractivity contribution in [2.45, 2.75) is 88.8 Å². The molecule has 0 aromatic rings. The second-order valence-corrected chi connectivity index (χ2v) is 14.1. The maximum atomic E-state index is 13.5. The lowest BCUT2D eigenvalue weighted by Crippen LogP contribution is -2.63. The van der Waals surface area contributed by atoms with Crippen LogP contribution in [-0.2, 0) is 43.2 Å². The van der Waals surface area contributed by atoms with Crippen LogP contribution in [0.5, 0.6) is 0 Å². The molecule has 1 aliphatic heterocycles. The summed E-state index contributed by atoms with van der Waals surface area (Å²) in [4.78, 5) is 63.0. The molecule has 0 radical (unpaired) electrons. The zero-order valence-electron chi connectivity index (χ0n) is 24.2. The number of unbranched alkanes of at least 4 members (excludes halogenated alkanes) is 1. The highest BCUT2D eigenvalue weighted by atomic mass is 32.2. The summed E-state index contributed by atoms with van der Waals surface area (Å²) in [7, 11) is -1.82. The van der Waals surface area contributed by atoms with Crippen molar-refractivity contribution in [1.29, 1.82) is 0 Å². The molecule has 5 atom stereocenters. The van der Waals surface area contributed by atoms with Gasteiger partial charge in [-0.15, -0.1) is 0 Å². The first kappa shape index (κ1) is 33.1. The number of ether oxygens (including phenoxy) is 4. The summed E-state index contributed by atoms with van der Waals surface area (Å²) in [6, 6.07) is -1.24. The Morgan fingerprint density at radius 1 is 0.900 bits per heavy atom. The Morgan fingerprint density at radius 2 is 1.48 bits per heavy atom. The van der Waals surface area contributed by atoms with E-state index in [1.165, 1.54) is 0 Å². The number of alkyl carbamates (subject to hydrolysis) is 2. The maximum absolute atomic E-state index is 13.5. The topological polar surface area (TPSA) is 192 Å². The maximum Gasteiger partial charge on any atom is 0.408 e. The van der Waals surface area contributed by atoms with Crippen LogP contribution in [0.25, 0.3) is 0 Å². The molecular formula is C25H41N3O11S. The van der Waals surface area contributed by atoms with Crippen LogP contribution < -0.4 is 16.0 Å². The lowest BCUT2D eigenvalue weighted by molar-refractivity contribution is -0.152. The fraction of sp³-hybridized carbons (Fsp3) is 0.800. The normalized spacial score (nSPS) is 25.4. The molecule has 228 valence electrons. The molecule has 1 aliphatic carbocycles. The molecule has 2 rings (SSSR count). The summed E-state index contributed by atoms with van der Waals surface area (Å²) in [6.07, 6.45) is -0.702. The molecule has 2 fully saturated rings. The molecule has 0 aromatic heterocycles. The Labute approximate surface area is 234 Å². The molecule has 3 N–H and O–H groups in total. The molecule has 1 heterocycles. The number of hydrogen-bond donors (Lipinski definition) is 3. The lowest BCUT2D eigenvalue weighted by Gasteiger charge is -2.31. The van der Waals surface area contributed by atoms with Crippen LogP contribution in [0.1, 0.15) is 60.8 Å². The molecule has 2 aliphatic rings. The average Bonchev–Trinajstić information content (AvgIpc) is 3.51. The van der Waals surface area contributed by atoms with E-state index in [1.54, 1.807) is 41.5 Å². The van der Waals surface area contributed by atoms with Crippen LogP contribution in [0.3, 0.4) is 0 Å². The Balaban J connectivity index is 2.19. The molecule has 3 amide bonds. The number of hydrogen-bond acceptors (Lipinski definition) is 11. The van der Waals surface area contributed by atoms with Gasteiger partial charge in [0.1, 0.15) is 17.2 Å². The second kappa shape index (κ2) is 12.2. The van der Waals surface area contributed by atoms with Crippen LogP contribution >= 0.6 is 0 Å². The molecule has 1 saturated heterocycles. The van der Waals surface area contributed by atoms with Gasteiger partial charge < -0.3 is 34.9 Å². The quantitative estimate of drug-likeness (QED) is 0.185. The van der Waals surface area contributed by atoms with Gasteiger partial charge >= 0.3 is 24.1 Å². The van der Waals surface area contributed by atoms with Crippen LogP contribution in [0.4, 0.5) is 9.59 Å². The Bertz CT molecular complexity index is 1110. The van der Waals surface area contributed by atoms with Gasteiger partial charge in [-0.3, -0.25) is 9.59 Å². The summed E-state index contributed by atoms with van der Waals surface area (Å²) in [6.45, 7) is 10.3. The minimum absolute atomic E-state index is 0.0552. The number of sulfone groups is 1. The van der Waals surface area contributed by atoms with Crippen LogP contribution in [0.15, 0.2) is 0 Å². The lowest BCUT2D eigenvalue weighted by atomic mass is 9.93. The molecular weight excluding hydrogens is 550 g/mol. The summed E-state index contributed by atoms with van der Waals surface area (Å²) < 4.78 is 45.7. The number of rotatable bonds is 10. The van der Waals surface area contributed by atoms with Crippen molar-refractivity contribution in [3.63, 3.8) is 0 Å². The zero-order chi connectivity index (χ0) is 30.7. The van der Waals surface area contributed by atoms with Crippen molar-refractivity contribution in [3.8, 4) is 0 Å². The van der Waals surface area contributed by atoms with Gasteiger partial charge in [-0.25, -0.2) is 22.8 Å². The van der Waals surface area contributed by atoms with Gasteiger partial charge in [0.2, 0.25) is 5.91 Å². The molecule has 15 heteroatoms. The van der Waals surface area contributed by atoms with E-state index in [2.05, 4.69) is 16.0 Å². The van der Waals surface area contributed by atoms with Gasteiger partial charge in [-0.2, -0.15) is 0 Å². The van der Waals surface area contributed by atoms with Gasteiger partial charge in [-0.05, 0) is 60.8 Å². The molecule has 0 bridgehead atoms. The molecule has 0 unspecified atom stereocenters. The SMILES string of the molecule is COC(=O)[C@@H]1[C@@H]2[C@H]1S(=O)(=O)C[C@@]2(NC(=O)[C@H](CCCCNC(=O)OC(C)(C)C)NC(=O)OC(C)(C)C)C(=O)OC. The molecule has 1 saturated carbocycles. The Hall–Kier alpha value is -3.10. The molecule has 14 nitrogen and oxygen atoms in total. The van der Waals surface area contributed by atoms with E-state index in [1.807, 2.05) is 0 Å². The first-order valence-corrected chi connectivity index (χ1v) is 14.7. The minimum Gasteiger partial charge on any atom is -0.469 e. The third kappa shape index (κ3) is 8.21.